The molecule has 0 aliphatic heterocycles. The zero-order chi connectivity index (χ0) is 23.4. The molecule has 0 aliphatic rings. The SMILES string of the molecule is COc1ccc(-c2noc(-c3cccn(CC(=O)Nc4ccc(Cl)cc4)c3=O)n2)cc1OC. The van der Waals surface area contributed by atoms with Crippen LogP contribution in [0.3, 0.4) is 0 Å². The topological polar surface area (TPSA) is 108 Å². The largest absolute Gasteiger partial charge is 0.493 e. The summed E-state index contributed by atoms with van der Waals surface area (Å²) in [5.74, 6) is 1.02. The molecule has 0 saturated carbocycles. The van der Waals surface area contributed by atoms with Gasteiger partial charge in [0.15, 0.2) is 11.5 Å². The molecule has 9 nitrogen and oxygen atoms in total. The Balaban J connectivity index is 1.56. The van der Waals surface area contributed by atoms with Crippen LogP contribution >= 0.6 is 11.6 Å². The highest BCUT2D eigenvalue weighted by atomic mass is 35.5. The number of pyridine rings is 1. The number of ether oxygens (including phenoxy) is 2. The average Bonchev–Trinajstić information content (AvgIpc) is 3.31. The highest BCUT2D eigenvalue weighted by Crippen LogP contribution is 2.31. The van der Waals surface area contributed by atoms with E-state index in [-0.39, 0.29) is 29.7 Å². The Morgan fingerprint density at radius 2 is 1.85 bits per heavy atom. The minimum Gasteiger partial charge on any atom is -0.493 e. The maximum atomic E-state index is 12.9. The standard InChI is InChI=1S/C23H19ClN4O5/c1-31-18-10-5-14(12-19(18)32-2)21-26-22(33-27-21)17-4-3-11-28(23(17)30)13-20(29)25-16-8-6-15(24)7-9-16/h3-12H,13H2,1-2H3,(H,25,29). The Bertz CT molecular complexity index is 1350. The van der Waals surface area contributed by atoms with E-state index in [0.717, 1.165) is 0 Å². The second kappa shape index (κ2) is 9.58. The number of aromatic nitrogens is 3. The van der Waals surface area contributed by atoms with Crippen LogP contribution in [0.1, 0.15) is 0 Å². The summed E-state index contributed by atoms with van der Waals surface area (Å²) in [6.45, 7) is -0.189. The van der Waals surface area contributed by atoms with Crippen LogP contribution in [0.25, 0.3) is 22.8 Å². The van der Waals surface area contributed by atoms with Crippen molar-refractivity contribution in [3.05, 3.63) is 76.2 Å². The molecule has 2 aromatic heterocycles. The number of halogens is 1. The molecule has 0 fully saturated rings. The van der Waals surface area contributed by atoms with E-state index in [0.29, 0.717) is 27.8 Å². The van der Waals surface area contributed by atoms with Crippen LogP contribution in [-0.4, -0.2) is 34.8 Å². The number of hydrogen-bond acceptors (Lipinski definition) is 7. The van der Waals surface area contributed by atoms with Crippen molar-refractivity contribution in [1.82, 2.24) is 14.7 Å². The van der Waals surface area contributed by atoms with Crippen LogP contribution < -0.4 is 20.3 Å². The lowest BCUT2D eigenvalue weighted by Crippen LogP contribution is -2.28. The highest BCUT2D eigenvalue weighted by molar-refractivity contribution is 6.30. The predicted octanol–water partition coefficient (Wildman–Crippen LogP) is 3.87. The smallest absolute Gasteiger partial charge is 0.263 e. The number of benzene rings is 2. The van der Waals surface area contributed by atoms with E-state index in [4.69, 9.17) is 25.6 Å². The van der Waals surface area contributed by atoms with E-state index < -0.39 is 5.56 Å². The van der Waals surface area contributed by atoms with Gasteiger partial charge in [-0.3, -0.25) is 9.59 Å². The Labute approximate surface area is 193 Å². The molecule has 0 saturated heterocycles. The first kappa shape index (κ1) is 22.1. The molecular formula is C23H19ClN4O5. The van der Waals surface area contributed by atoms with Crippen molar-refractivity contribution in [2.45, 2.75) is 6.54 Å². The van der Waals surface area contributed by atoms with Gasteiger partial charge in [0.2, 0.25) is 11.7 Å². The maximum absolute atomic E-state index is 12.9. The number of carbonyl (C=O) groups excluding carboxylic acids is 1. The van der Waals surface area contributed by atoms with E-state index >= 15 is 0 Å². The second-order valence-corrected chi connectivity index (χ2v) is 7.34. The first-order valence-electron chi connectivity index (χ1n) is 9.80. The van der Waals surface area contributed by atoms with Crippen molar-refractivity contribution < 1.29 is 18.8 Å². The molecule has 1 N–H and O–H groups in total. The fourth-order valence-electron chi connectivity index (χ4n) is 3.14. The number of nitrogens with zero attached hydrogens (tertiary/aromatic N) is 3. The molecule has 0 unspecified atom stereocenters. The van der Waals surface area contributed by atoms with E-state index in [1.165, 1.54) is 17.9 Å². The lowest BCUT2D eigenvalue weighted by molar-refractivity contribution is -0.116. The zero-order valence-corrected chi connectivity index (χ0v) is 18.5. The summed E-state index contributed by atoms with van der Waals surface area (Å²) in [4.78, 5) is 29.7. The summed E-state index contributed by atoms with van der Waals surface area (Å²) in [6, 6.07) is 15.0. The Kier molecular flexibility index (Phi) is 6.41. The monoisotopic (exact) mass is 466 g/mol. The lowest BCUT2D eigenvalue weighted by Gasteiger charge is -2.08. The Hall–Kier alpha value is -4.11. The molecule has 1 amide bonds. The van der Waals surface area contributed by atoms with Crippen molar-refractivity contribution in [2.75, 3.05) is 19.5 Å². The van der Waals surface area contributed by atoms with Crippen LogP contribution in [0.4, 0.5) is 5.69 Å². The third-order valence-electron chi connectivity index (χ3n) is 4.76. The number of nitrogens with one attached hydrogen (secondary N) is 1. The molecule has 2 aromatic carbocycles. The van der Waals surface area contributed by atoms with Crippen molar-refractivity contribution in [3.63, 3.8) is 0 Å². The van der Waals surface area contributed by atoms with Gasteiger partial charge in [0.05, 0.1) is 14.2 Å². The van der Waals surface area contributed by atoms with E-state index in [9.17, 15) is 9.59 Å². The van der Waals surface area contributed by atoms with Crippen molar-refractivity contribution in [2.24, 2.45) is 0 Å². The molecular weight excluding hydrogens is 448 g/mol. The number of rotatable bonds is 7. The van der Waals surface area contributed by atoms with E-state index in [2.05, 4.69) is 15.5 Å². The van der Waals surface area contributed by atoms with Gasteiger partial charge in [-0.25, -0.2) is 0 Å². The molecule has 0 bridgehead atoms. The zero-order valence-electron chi connectivity index (χ0n) is 17.7. The summed E-state index contributed by atoms with van der Waals surface area (Å²) in [5, 5.41) is 7.25. The van der Waals surface area contributed by atoms with Gasteiger partial charge in [-0.2, -0.15) is 4.98 Å². The molecule has 4 rings (SSSR count). The third kappa shape index (κ3) is 4.88. The summed E-state index contributed by atoms with van der Waals surface area (Å²) in [7, 11) is 3.07. The average molecular weight is 467 g/mol. The second-order valence-electron chi connectivity index (χ2n) is 6.90. The highest BCUT2D eigenvalue weighted by Gasteiger charge is 2.17. The van der Waals surface area contributed by atoms with Crippen LogP contribution in [0.15, 0.2) is 70.1 Å². The number of methoxy groups -OCH3 is 2. The van der Waals surface area contributed by atoms with Gasteiger partial charge in [-0.1, -0.05) is 16.8 Å². The third-order valence-corrected chi connectivity index (χ3v) is 5.01. The predicted molar refractivity (Wildman–Crippen MR) is 123 cm³/mol. The van der Waals surface area contributed by atoms with E-state index in [1.54, 1.807) is 61.7 Å². The molecule has 10 heteroatoms. The molecule has 0 aliphatic carbocycles. The number of carbonyl (C=O) groups is 1. The molecule has 0 radical (unpaired) electrons. The Morgan fingerprint density at radius 3 is 2.58 bits per heavy atom. The fraction of sp³-hybridized carbons (Fsp3) is 0.130. The first-order chi connectivity index (χ1) is 16.0. The van der Waals surface area contributed by atoms with Gasteiger partial charge in [0.1, 0.15) is 12.1 Å². The lowest BCUT2D eigenvalue weighted by atomic mass is 10.2. The minimum atomic E-state index is -0.439. The minimum absolute atomic E-state index is 0.0391. The van der Waals surface area contributed by atoms with Gasteiger partial charge in [0, 0.05) is 22.5 Å². The van der Waals surface area contributed by atoms with Crippen LogP contribution in [0.2, 0.25) is 5.02 Å². The molecule has 168 valence electrons. The quantitative estimate of drug-likeness (QED) is 0.440. The Morgan fingerprint density at radius 1 is 1.09 bits per heavy atom. The molecule has 0 atom stereocenters. The van der Waals surface area contributed by atoms with Crippen LogP contribution in [-0.2, 0) is 11.3 Å². The fourth-order valence-corrected chi connectivity index (χ4v) is 3.26. The van der Waals surface area contributed by atoms with Crippen molar-refractivity contribution in [1.29, 1.82) is 0 Å². The molecule has 33 heavy (non-hydrogen) atoms. The van der Waals surface area contributed by atoms with Crippen LogP contribution in [0.5, 0.6) is 11.5 Å². The normalized spacial score (nSPS) is 10.6. The molecule has 0 spiro atoms. The van der Waals surface area contributed by atoms with E-state index in [1.807, 2.05) is 0 Å². The first-order valence-corrected chi connectivity index (χ1v) is 10.2. The van der Waals surface area contributed by atoms with Gasteiger partial charge < -0.3 is 23.9 Å². The summed E-state index contributed by atoms with van der Waals surface area (Å²) < 4.78 is 17.1. The molecule has 4 aromatic rings. The number of amides is 1. The summed E-state index contributed by atoms with van der Waals surface area (Å²) in [5.41, 5.74) is 0.939. The summed E-state index contributed by atoms with van der Waals surface area (Å²) >= 11 is 5.85. The number of anilines is 1. The van der Waals surface area contributed by atoms with Gasteiger partial charge in [-0.05, 0) is 54.6 Å². The molecule has 2 heterocycles. The van der Waals surface area contributed by atoms with Gasteiger partial charge >= 0.3 is 0 Å². The summed E-state index contributed by atoms with van der Waals surface area (Å²) in [6.07, 6.45) is 1.51. The van der Waals surface area contributed by atoms with Crippen molar-refractivity contribution in [3.8, 4) is 34.3 Å². The number of hydrogen-bond donors (Lipinski definition) is 1. The van der Waals surface area contributed by atoms with Gasteiger partial charge in [-0.15, -0.1) is 0 Å². The van der Waals surface area contributed by atoms with Crippen LogP contribution in [0, 0.1) is 0 Å². The van der Waals surface area contributed by atoms with Gasteiger partial charge in [0.25, 0.3) is 11.4 Å². The van der Waals surface area contributed by atoms with Crippen molar-refractivity contribution >= 4 is 23.2 Å². The maximum Gasteiger partial charge on any atom is 0.263 e.